The van der Waals surface area contributed by atoms with Crippen LogP contribution in [0.5, 0.6) is 0 Å². The molecule has 1 unspecified atom stereocenters. The summed E-state index contributed by atoms with van der Waals surface area (Å²) in [4.78, 5) is 4.06. The SMILES string of the molecule is CCNC1=N[C@@H]2[C@@H](O)[C@H](O)C([C@H](O)C(F)(F)F)O[C@@H]2S1. The molecule has 1 saturated heterocycles. The molecule has 1 fully saturated rings. The molecule has 4 N–H and O–H groups in total. The number of fused-ring (bicyclic) bond motifs is 1. The zero-order chi connectivity index (χ0) is 15.1. The summed E-state index contributed by atoms with van der Waals surface area (Å²) < 4.78 is 42.6. The number of alkyl halides is 3. The van der Waals surface area contributed by atoms with E-state index in [1.807, 2.05) is 6.92 Å². The Morgan fingerprint density at radius 3 is 2.60 bits per heavy atom. The van der Waals surface area contributed by atoms with Crippen molar-refractivity contribution in [3.63, 3.8) is 0 Å². The number of hydrogen-bond acceptors (Lipinski definition) is 7. The van der Waals surface area contributed by atoms with Crippen molar-refractivity contribution in [1.29, 1.82) is 0 Å². The van der Waals surface area contributed by atoms with Gasteiger partial charge in [0.2, 0.25) is 0 Å². The first-order valence-electron chi connectivity index (χ1n) is 6.00. The molecule has 10 heteroatoms. The van der Waals surface area contributed by atoms with Gasteiger partial charge in [0, 0.05) is 6.54 Å². The van der Waals surface area contributed by atoms with E-state index in [9.17, 15) is 28.5 Å². The molecule has 20 heavy (non-hydrogen) atoms. The van der Waals surface area contributed by atoms with Gasteiger partial charge in [0.15, 0.2) is 11.3 Å². The Kier molecular flexibility index (Phi) is 4.50. The third-order valence-corrected chi connectivity index (χ3v) is 4.17. The molecular formula is C10H15F3N2O4S. The number of amidine groups is 1. The van der Waals surface area contributed by atoms with Crippen molar-refractivity contribution in [1.82, 2.24) is 5.32 Å². The smallest absolute Gasteiger partial charge is 0.388 e. The Labute approximate surface area is 117 Å². The second kappa shape index (κ2) is 5.68. The summed E-state index contributed by atoms with van der Waals surface area (Å²) in [6.45, 7) is 2.37. The fourth-order valence-electron chi connectivity index (χ4n) is 2.07. The van der Waals surface area contributed by atoms with Crippen molar-refractivity contribution in [2.75, 3.05) is 6.54 Å². The van der Waals surface area contributed by atoms with Crippen molar-refractivity contribution in [2.45, 2.75) is 49.0 Å². The molecule has 6 atom stereocenters. The summed E-state index contributed by atoms with van der Waals surface area (Å²) in [5, 5.41) is 32.1. The summed E-state index contributed by atoms with van der Waals surface area (Å²) in [5.74, 6) is 0. The van der Waals surface area contributed by atoms with Gasteiger partial charge in [-0.2, -0.15) is 13.2 Å². The second-order valence-corrected chi connectivity index (χ2v) is 5.60. The number of aliphatic imine (C=N–C) groups is 1. The number of aliphatic hydroxyl groups excluding tert-OH is 3. The lowest BCUT2D eigenvalue weighted by atomic mass is 9.94. The summed E-state index contributed by atoms with van der Waals surface area (Å²) in [6.07, 6.45) is -13.1. The summed E-state index contributed by atoms with van der Waals surface area (Å²) >= 11 is 1.02. The van der Waals surface area contributed by atoms with Gasteiger partial charge < -0.3 is 25.4 Å². The van der Waals surface area contributed by atoms with Crippen LogP contribution in [0.2, 0.25) is 0 Å². The van der Waals surface area contributed by atoms with Gasteiger partial charge in [-0.15, -0.1) is 0 Å². The van der Waals surface area contributed by atoms with Crippen LogP contribution in [0.25, 0.3) is 0 Å². The van der Waals surface area contributed by atoms with Crippen LogP contribution in [0.3, 0.4) is 0 Å². The van der Waals surface area contributed by atoms with Crippen molar-refractivity contribution in [2.24, 2.45) is 4.99 Å². The fourth-order valence-corrected chi connectivity index (χ4v) is 3.25. The minimum Gasteiger partial charge on any atom is -0.388 e. The lowest BCUT2D eigenvalue weighted by Gasteiger charge is -2.40. The highest BCUT2D eigenvalue weighted by Crippen LogP contribution is 2.38. The Hall–Kier alpha value is -0.550. The highest BCUT2D eigenvalue weighted by molar-refractivity contribution is 8.14. The quantitative estimate of drug-likeness (QED) is 0.545. The van der Waals surface area contributed by atoms with Gasteiger partial charge in [0.05, 0.1) is 0 Å². The van der Waals surface area contributed by atoms with Crippen molar-refractivity contribution < 1.29 is 33.2 Å². The first kappa shape index (κ1) is 15.8. The van der Waals surface area contributed by atoms with Crippen LogP contribution in [0.1, 0.15) is 6.92 Å². The van der Waals surface area contributed by atoms with Gasteiger partial charge in [-0.3, -0.25) is 4.99 Å². The minimum absolute atomic E-state index is 0.427. The molecule has 2 rings (SSSR count). The highest BCUT2D eigenvalue weighted by Gasteiger charge is 2.55. The van der Waals surface area contributed by atoms with E-state index in [1.165, 1.54) is 0 Å². The van der Waals surface area contributed by atoms with E-state index < -0.39 is 42.1 Å². The van der Waals surface area contributed by atoms with E-state index >= 15 is 0 Å². The van der Waals surface area contributed by atoms with Crippen molar-refractivity contribution in [3.05, 3.63) is 0 Å². The molecule has 0 aromatic rings. The molecule has 0 aromatic heterocycles. The molecule has 116 valence electrons. The van der Waals surface area contributed by atoms with Gasteiger partial charge in [0.25, 0.3) is 0 Å². The van der Waals surface area contributed by atoms with Gasteiger partial charge in [-0.05, 0) is 6.92 Å². The lowest BCUT2D eigenvalue weighted by Crippen LogP contribution is -2.60. The first-order chi connectivity index (χ1) is 9.25. The van der Waals surface area contributed by atoms with Gasteiger partial charge >= 0.3 is 6.18 Å². The van der Waals surface area contributed by atoms with Crippen LogP contribution >= 0.6 is 11.8 Å². The molecule has 0 aliphatic carbocycles. The van der Waals surface area contributed by atoms with Crippen molar-refractivity contribution >= 4 is 16.9 Å². The average molecular weight is 316 g/mol. The highest BCUT2D eigenvalue weighted by atomic mass is 32.2. The monoisotopic (exact) mass is 316 g/mol. The van der Waals surface area contributed by atoms with E-state index in [2.05, 4.69) is 10.3 Å². The molecular weight excluding hydrogens is 301 g/mol. The zero-order valence-electron chi connectivity index (χ0n) is 10.4. The maximum absolute atomic E-state index is 12.5. The molecule has 2 aliphatic heterocycles. The normalized spacial score (nSPS) is 39.1. The van der Waals surface area contributed by atoms with Gasteiger partial charge in [0.1, 0.15) is 29.8 Å². The van der Waals surface area contributed by atoms with Gasteiger partial charge in [-0.25, -0.2) is 0 Å². The zero-order valence-corrected chi connectivity index (χ0v) is 11.2. The maximum atomic E-state index is 12.5. The predicted octanol–water partition coefficient (Wildman–Crippen LogP) is -0.563. The van der Waals surface area contributed by atoms with Crippen LogP contribution in [0, 0.1) is 0 Å². The molecule has 2 heterocycles. The number of rotatable bonds is 2. The van der Waals surface area contributed by atoms with Crippen LogP contribution in [0.4, 0.5) is 13.2 Å². The van der Waals surface area contributed by atoms with E-state index in [1.54, 1.807) is 0 Å². The van der Waals surface area contributed by atoms with E-state index in [-0.39, 0.29) is 0 Å². The van der Waals surface area contributed by atoms with Crippen LogP contribution < -0.4 is 5.32 Å². The molecule has 0 spiro atoms. The second-order valence-electron chi connectivity index (χ2n) is 4.51. The number of hydrogen-bond donors (Lipinski definition) is 4. The maximum Gasteiger partial charge on any atom is 0.417 e. The first-order valence-corrected chi connectivity index (χ1v) is 6.88. The average Bonchev–Trinajstić information content (AvgIpc) is 2.75. The van der Waals surface area contributed by atoms with E-state index in [0.29, 0.717) is 11.7 Å². The van der Waals surface area contributed by atoms with E-state index in [4.69, 9.17) is 4.74 Å². The largest absolute Gasteiger partial charge is 0.417 e. The van der Waals surface area contributed by atoms with Crippen LogP contribution in [0.15, 0.2) is 4.99 Å². The summed E-state index contributed by atoms with van der Waals surface area (Å²) in [7, 11) is 0. The number of nitrogens with one attached hydrogen (secondary N) is 1. The number of halogens is 3. The fraction of sp³-hybridized carbons (Fsp3) is 0.900. The molecule has 0 radical (unpaired) electrons. The van der Waals surface area contributed by atoms with Crippen molar-refractivity contribution in [3.8, 4) is 0 Å². The summed E-state index contributed by atoms with van der Waals surface area (Å²) in [5.41, 5.74) is -0.871. The number of nitrogens with zero attached hydrogens (tertiary/aromatic N) is 1. The lowest BCUT2D eigenvalue weighted by molar-refractivity contribution is -0.271. The standard InChI is InChI=1S/C10H15F3N2O4S/c1-2-14-9-15-3-4(16)5(17)6(19-8(3)20-9)7(18)10(11,12)13/h3-8,16-18H,2H2,1H3,(H,14,15)/t3-,4-,5+,6?,7+,8-/m1/s1. The van der Waals surface area contributed by atoms with Crippen LogP contribution in [-0.4, -0.2) is 69.1 Å². The Morgan fingerprint density at radius 1 is 1.40 bits per heavy atom. The number of thioether (sulfide) groups is 1. The summed E-state index contributed by atoms with van der Waals surface area (Å²) in [6, 6.07) is -0.860. The Morgan fingerprint density at radius 2 is 2.05 bits per heavy atom. The minimum atomic E-state index is -4.94. The number of ether oxygens (including phenoxy) is 1. The number of aliphatic hydroxyl groups is 3. The Balaban J connectivity index is 2.13. The molecule has 0 saturated carbocycles. The third-order valence-electron chi connectivity index (χ3n) is 3.08. The van der Waals surface area contributed by atoms with E-state index in [0.717, 1.165) is 11.8 Å². The molecule has 0 bridgehead atoms. The third kappa shape index (κ3) is 2.89. The molecule has 2 aliphatic rings. The van der Waals surface area contributed by atoms with Gasteiger partial charge in [-0.1, -0.05) is 11.8 Å². The Bertz CT molecular complexity index is 395. The predicted molar refractivity (Wildman–Crippen MR) is 65.2 cm³/mol. The topological polar surface area (TPSA) is 94.3 Å². The molecule has 6 nitrogen and oxygen atoms in total. The molecule has 0 amide bonds. The molecule has 0 aromatic carbocycles. The van der Waals surface area contributed by atoms with Crippen LogP contribution in [-0.2, 0) is 4.74 Å².